The van der Waals surface area contributed by atoms with Crippen LogP contribution in [0.25, 0.3) is 20.1 Å². The van der Waals surface area contributed by atoms with Crippen LogP contribution in [-0.4, -0.2) is 10.9 Å². The number of carbonyl (C=O) groups excluding carboxylic acids is 1. The van der Waals surface area contributed by atoms with Crippen molar-refractivity contribution in [3.8, 4) is 10.6 Å². The van der Waals surface area contributed by atoms with Crippen LogP contribution in [0.3, 0.4) is 0 Å². The molecule has 152 valence electrons. The summed E-state index contributed by atoms with van der Waals surface area (Å²) in [5, 5.41) is 13.3. The molecule has 30 heavy (non-hydrogen) atoms. The standard InChI is InChI=1S/C23H22N4OS2/c1-3-4-5-16-6-10-19(11-7-16)26-27-21-14-20-23(30-21)25-22(29-20)17-8-12-18(13-9-17)24-15(2)28/h6-14H,3-5H2,1-2H3,(H,24,28)/b27-26+. The number of benzene rings is 2. The summed E-state index contributed by atoms with van der Waals surface area (Å²) < 4.78 is 1.10. The normalized spacial score (nSPS) is 11.4. The van der Waals surface area contributed by atoms with Crippen LogP contribution in [0.4, 0.5) is 16.4 Å². The van der Waals surface area contributed by atoms with Crippen molar-refractivity contribution in [2.24, 2.45) is 10.2 Å². The highest BCUT2D eigenvalue weighted by molar-refractivity contribution is 7.30. The van der Waals surface area contributed by atoms with Gasteiger partial charge in [-0.05, 0) is 60.9 Å². The molecule has 4 aromatic rings. The summed E-state index contributed by atoms with van der Waals surface area (Å²) in [7, 11) is 0. The van der Waals surface area contributed by atoms with E-state index in [2.05, 4.69) is 34.6 Å². The summed E-state index contributed by atoms with van der Waals surface area (Å²) in [5.74, 6) is -0.0772. The number of aryl methyl sites for hydroxylation is 1. The van der Waals surface area contributed by atoms with E-state index >= 15 is 0 Å². The lowest BCUT2D eigenvalue weighted by Gasteiger charge is -2.02. The van der Waals surface area contributed by atoms with Gasteiger partial charge in [-0.1, -0.05) is 36.8 Å². The number of azo groups is 1. The number of thiazole rings is 1. The molecule has 0 saturated heterocycles. The average molecular weight is 435 g/mol. The molecule has 0 saturated carbocycles. The van der Waals surface area contributed by atoms with Crippen molar-refractivity contribution in [3.05, 3.63) is 60.2 Å². The predicted octanol–water partition coefficient (Wildman–Crippen LogP) is 7.74. The number of nitrogens with one attached hydrogen (secondary N) is 1. The molecule has 2 heterocycles. The minimum absolute atomic E-state index is 0.0772. The topological polar surface area (TPSA) is 66.7 Å². The Bertz CT molecular complexity index is 1140. The Labute approximate surface area is 183 Å². The molecule has 5 nitrogen and oxygen atoms in total. The molecule has 0 unspecified atom stereocenters. The lowest BCUT2D eigenvalue weighted by molar-refractivity contribution is -0.114. The number of unbranched alkanes of at least 4 members (excludes halogenated alkanes) is 1. The molecule has 4 rings (SSSR count). The molecule has 1 N–H and O–H groups in total. The molecule has 0 aliphatic carbocycles. The van der Waals surface area contributed by atoms with Crippen LogP contribution in [0.2, 0.25) is 0 Å². The van der Waals surface area contributed by atoms with Crippen LogP contribution in [-0.2, 0) is 11.2 Å². The lowest BCUT2D eigenvalue weighted by Crippen LogP contribution is -2.05. The molecule has 0 aliphatic heterocycles. The first-order valence-corrected chi connectivity index (χ1v) is 11.5. The summed E-state index contributed by atoms with van der Waals surface area (Å²) in [5.41, 5.74) is 4.02. The van der Waals surface area contributed by atoms with E-state index in [0.717, 1.165) is 42.9 Å². The van der Waals surface area contributed by atoms with Crippen molar-refractivity contribution in [2.45, 2.75) is 33.1 Å². The van der Waals surface area contributed by atoms with Gasteiger partial charge < -0.3 is 5.32 Å². The van der Waals surface area contributed by atoms with Crippen molar-refractivity contribution < 1.29 is 4.79 Å². The molecule has 2 aromatic heterocycles. The number of rotatable bonds is 7. The van der Waals surface area contributed by atoms with Crippen molar-refractivity contribution >= 4 is 54.5 Å². The van der Waals surface area contributed by atoms with Crippen molar-refractivity contribution in [3.63, 3.8) is 0 Å². The zero-order valence-corrected chi connectivity index (χ0v) is 18.5. The number of carbonyl (C=O) groups is 1. The molecular formula is C23H22N4OS2. The number of thiophene rings is 1. The zero-order valence-electron chi connectivity index (χ0n) is 16.9. The maximum atomic E-state index is 11.1. The first-order chi connectivity index (χ1) is 14.6. The van der Waals surface area contributed by atoms with Gasteiger partial charge in [0.25, 0.3) is 0 Å². The van der Waals surface area contributed by atoms with E-state index in [9.17, 15) is 4.79 Å². The second-order valence-corrected chi connectivity index (χ2v) is 9.04. The number of hydrogen-bond donors (Lipinski definition) is 1. The van der Waals surface area contributed by atoms with E-state index < -0.39 is 0 Å². The molecule has 0 fully saturated rings. The van der Waals surface area contributed by atoms with E-state index in [-0.39, 0.29) is 5.91 Å². The Morgan fingerprint density at radius 1 is 1.03 bits per heavy atom. The minimum Gasteiger partial charge on any atom is -0.326 e. The van der Waals surface area contributed by atoms with Gasteiger partial charge >= 0.3 is 0 Å². The average Bonchev–Trinajstić information content (AvgIpc) is 3.30. The fourth-order valence-corrected chi connectivity index (χ4v) is 5.05. The van der Waals surface area contributed by atoms with Crippen LogP contribution in [0.15, 0.2) is 64.8 Å². The van der Waals surface area contributed by atoms with E-state index in [1.165, 1.54) is 36.7 Å². The molecule has 0 radical (unpaired) electrons. The highest BCUT2D eigenvalue weighted by Crippen LogP contribution is 2.39. The van der Waals surface area contributed by atoms with Gasteiger partial charge in [0, 0.05) is 18.2 Å². The zero-order chi connectivity index (χ0) is 20.9. The fraction of sp³-hybridized carbons (Fsp3) is 0.217. The van der Waals surface area contributed by atoms with Gasteiger partial charge in [0.1, 0.15) is 14.8 Å². The monoisotopic (exact) mass is 434 g/mol. The second-order valence-electron chi connectivity index (χ2n) is 7.00. The van der Waals surface area contributed by atoms with Crippen LogP contribution in [0.5, 0.6) is 0 Å². The van der Waals surface area contributed by atoms with Crippen molar-refractivity contribution in [1.82, 2.24) is 4.98 Å². The Morgan fingerprint density at radius 2 is 1.80 bits per heavy atom. The number of anilines is 1. The molecule has 7 heteroatoms. The largest absolute Gasteiger partial charge is 0.326 e. The van der Waals surface area contributed by atoms with Crippen molar-refractivity contribution in [1.29, 1.82) is 0 Å². The first kappa shape index (κ1) is 20.4. The van der Waals surface area contributed by atoms with Crippen LogP contribution < -0.4 is 5.32 Å². The number of aromatic nitrogens is 1. The maximum absolute atomic E-state index is 11.1. The van der Waals surface area contributed by atoms with Gasteiger partial charge in [-0.15, -0.1) is 21.6 Å². The third kappa shape index (κ3) is 4.98. The van der Waals surface area contributed by atoms with Crippen LogP contribution in [0, 0.1) is 0 Å². The Morgan fingerprint density at radius 3 is 2.47 bits per heavy atom. The summed E-state index contributed by atoms with van der Waals surface area (Å²) in [6.07, 6.45) is 3.52. The maximum Gasteiger partial charge on any atom is 0.221 e. The van der Waals surface area contributed by atoms with Gasteiger partial charge in [0.2, 0.25) is 5.91 Å². The van der Waals surface area contributed by atoms with E-state index in [4.69, 9.17) is 4.98 Å². The highest BCUT2D eigenvalue weighted by Gasteiger charge is 2.10. The summed E-state index contributed by atoms with van der Waals surface area (Å²) in [6, 6.07) is 18.0. The number of amides is 1. The summed E-state index contributed by atoms with van der Waals surface area (Å²) >= 11 is 3.17. The number of nitrogens with zero attached hydrogens (tertiary/aromatic N) is 3. The number of hydrogen-bond acceptors (Lipinski definition) is 6. The fourth-order valence-electron chi connectivity index (χ4n) is 3.01. The molecule has 1 amide bonds. The Hall–Kier alpha value is -2.90. The Balaban J connectivity index is 1.45. The van der Waals surface area contributed by atoms with Gasteiger partial charge in [-0.25, -0.2) is 4.98 Å². The minimum atomic E-state index is -0.0772. The third-order valence-electron chi connectivity index (χ3n) is 4.55. The molecular weight excluding hydrogens is 412 g/mol. The second kappa shape index (κ2) is 9.28. The molecule has 2 aromatic carbocycles. The first-order valence-electron chi connectivity index (χ1n) is 9.90. The van der Waals surface area contributed by atoms with Gasteiger partial charge in [0.15, 0.2) is 0 Å². The Kier molecular flexibility index (Phi) is 6.30. The number of fused-ring (bicyclic) bond motifs is 1. The van der Waals surface area contributed by atoms with E-state index in [1.54, 1.807) is 11.3 Å². The van der Waals surface area contributed by atoms with Gasteiger partial charge in [-0.3, -0.25) is 4.79 Å². The van der Waals surface area contributed by atoms with Crippen molar-refractivity contribution in [2.75, 3.05) is 5.32 Å². The quantitative estimate of drug-likeness (QED) is 0.302. The predicted molar refractivity (Wildman–Crippen MR) is 126 cm³/mol. The van der Waals surface area contributed by atoms with Gasteiger partial charge in [0.05, 0.1) is 10.4 Å². The van der Waals surface area contributed by atoms with E-state index in [1.807, 2.05) is 42.5 Å². The summed E-state index contributed by atoms with van der Waals surface area (Å²) in [6.45, 7) is 3.70. The molecule has 0 bridgehead atoms. The van der Waals surface area contributed by atoms with E-state index in [0.29, 0.717) is 0 Å². The molecule has 0 spiro atoms. The SMILES string of the molecule is CCCCc1ccc(/N=N/c2cc3sc(-c4ccc(NC(C)=O)cc4)nc3s2)cc1. The van der Waals surface area contributed by atoms with Gasteiger partial charge in [-0.2, -0.15) is 0 Å². The van der Waals surface area contributed by atoms with Crippen LogP contribution >= 0.6 is 22.7 Å². The molecule has 0 atom stereocenters. The van der Waals surface area contributed by atoms with Crippen LogP contribution in [0.1, 0.15) is 32.3 Å². The molecule has 0 aliphatic rings. The highest BCUT2D eigenvalue weighted by atomic mass is 32.1. The smallest absolute Gasteiger partial charge is 0.221 e. The third-order valence-corrected chi connectivity index (χ3v) is 6.64. The summed E-state index contributed by atoms with van der Waals surface area (Å²) in [4.78, 5) is 16.8. The lowest BCUT2D eigenvalue weighted by atomic mass is 10.1.